The van der Waals surface area contributed by atoms with Gasteiger partial charge in [-0.2, -0.15) is 5.10 Å². The number of nitrogens with two attached hydrogens (primary N) is 2. The number of carbonyl (C=O) groups is 3. The first kappa shape index (κ1) is 38.8. The smallest absolute Gasteiger partial charge is 0.323 e. The Balaban J connectivity index is 0.00000237. The number of carbonyl (C=O) groups excluding carboxylic acids is 3. The van der Waals surface area contributed by atoms with Crippen LogP contribution in [0.4, 0.5) is 11.4 Å². The lowest BCUT2D eigenvalue weighted by molar-refractivity contribution is -0.912. The molecule has 8 rings (SSSR count). The lowest BCUT2D eigenvalue weighted by Gasteiger charge is -2.48. The number of amides is 3. The van der Waals surface area contributed by atoms with Crippen molar-refractivity contribution in [3.8, 4) is 11.1 Å². The topological polar surface area (TPSA) is 191 Å². The Bertz CT molecular complexity index is 2100. The van der Waals surface area contributed by atoms with Crippen LogP contribution in [0.2, 0.25) is 0 Å². The van der Waals surface area contributed by atoms with Gasteiger partial charge in [0.25, 0.3) is 5.91 Å². The Labute approximate surface area is 329 Å². The fraction of sp³-hybridized carbons (Fsp3) is 0.462. The van der Waals surface area contributed by atoms with E-state index in [1.807, 2.05) is 54.9 Å². The van der Waals surface area contributed by atoms with Gasteiger partial charge in [-0.3, -0.25) is 24.3 Å². The van der Waals surface area contributed by atoms with Crippen molar-refractivity contribution in [1.82, 2.24) is 30.2 Å². The number of benzene rings is 1. The van der Waals surface area contributed by atoms with Gasteiger partial charge in [-0.15, -0.1) is 0 Å². The fourth-order valence-electron chi connectivity index (χ4n) is 7.23. The van der Waals surface area contributed by atoms with Gasteiger partial charge >= 0.3 is 11.6 Å². The number of anilines is 2. The summed E-state index contributed by atoms with van der Waals surface area (Å²) in [5, 5.41) is 23.4. The van der Waals surface area contributed by atoms with Gasteiger partial charge in [-0.1, -0.05) is 26.0 Å². The maximum Gasteiger partial charge on any atom is 0.323 e. The number of aromatic nitrogens is 3. The second-order valence-corrected chi connectivity index (χ2v) is 15.2. The van der Waals surface area contributed by atoms with Crippen molar-refractivity contribution in [2.24, 2.45) is 17.4 Å². The normalized spacial score (nSPS) is 18.6. The molecule has 0 unspecified atom stereocenters. The number of allylic oxidation sites excluding steroid dienone is 1. The number of fused-ring (bicyclic) bond motifs is 3. The van der Waals surface area contributed by atoms with E-state index in [-0.39, 0.29) is 64.5 Å². The number of nitrogens with zero attached hydrogens (tertiary/aromatic N) is 6. The van der Waals surface area contributed by atoms with E-state index >= 15 is 0 Å². The second kappa shape index (κ2) is 15.2. The average molecular weight is 759 g/mol. The summed E-state index contributed by atoms with van der Waals surface area (Å²) in [6, 6.07) is 10.9. The highest BCUT2D eigenvalue weighted by Gasteiger charge is 2.46. The molecule has 8 N–H and O–H groups in total. The summed E-state index contributed by atoms with van der Waals surface area (Å²) in [6.07, 6.45) is 8.68. The van der Waals surface area contributed by atoms with Crippen molar-refractivity contribution < 1.29 is 24.3 Å². The lowest BCUT2D eigenvalue weighted by Crippen LogP contribution is -2.63. The van der Waals surface area contributed by atoms with Gasteiger partial charge in [0.2, 0.25) is 11.6 Å². The molecule has 4 fully saturated rings. The Morgan fingerprint density at radius 3 is 2.38 bits per heavy atom. The van der Waals surface area contributed by atoms with Crippen molar-refractivity contribution in [3.05, 3.63) is 83.0 Å². The molecule has 2 aromatic heterocycles. The Morgan fingerprint density at radius 1 is 1.02 bits per heavy atom. The monoisotopic (exact) mass is 758 g/mol. The van der Waals surface area contributed by atoms with Crippen molar-refractivity contribution in [1.29, 1.82) is 0 Å². The van der Waals surface area contributed by atoms with Crippen LogP contribution in [0.25, 0.3) is 11.1 Å². The van der Waals surface area contributed by atoms with Crippen LogP contribution < -0.4 is 37.0 Å². The van der Waals surface area contributed by atoms with Crippen LogP contribution in [0.3, 0.4) is 0 Å². The molecule has 56 heavy (non-hydrogen) atoms. The first-order valence-corrected chi connectivity index (χ1v) is 19.4. The second-order valence-electron chi connectivity index (χ2n) is 15.2. The third-order valence-corrected chi connectivity index (χ3v) is 11.0. The number of likely N-dealkylation sites (tertiary alicyclic amines) is 1. The van der Waals surface area contributed by atoms with Gasteiger partial charge in [0.15, 0.2) is 0 Å². The van der Waals surface area contributed by atoms with E-state index in [4.69, 9.17) is 32.3 Å². The van der Waals surface area contributed by atoms with Gasteiger partial charge in [-0.05, 0) is 50.7 Å². The van der Waals surface area contributed by atoms with E-state index in [1.165, 1.54) is 6.08 Å². The highest BCUT2D eigenvalue weighted by atomic mass is 16.5. The quantitative estimate of drug-likeness (QED) is 0.0519. The van der Waals surface area contributed by atoms with Crippen molar-refractivity contribution in [3.63, 3.8) is 0 Å². The summed E-state index contributed by atoms with van der Waals surface area (Å²) in [7, 11) is 17.1. The van der Waals surface area contributed by atoms with Gasteiger partial charge in [0.1, 0.15) is 11.5 Å². The summed E-state index contributed by atoms with van der Waals surface area (Å²) in [5.74, 6) is -0.822. The third kappa shape index (κ3) is 7.56. The van der Waals surface area contributed by atoms with Crippen molar-refractivity contribution in [2.75, 3.05) is 37.4 Å². The number of hydrogen-bond acceptors (Lipinski definition) is 10. The lowest BCUT2D eigenvalue weighted by atomic mass is 9.57. The zero-order valence-corrected chi connectivity index (χ0v) is 32.5. The molecule has 0 spiro atoms. The maximum atomic E-state index is 13.1. The molecule has 1 saturated heterocycles. The highest BCUT2D eigenvalue weighted by Crippen LogP contribution is 2.45. The van der Waals surface area contributed by atoms with Crippen molar-refractivity contribution in [2.45, 2.75) is 82.4 Å². The van der Waals surface area contributed by atoms with E-state index in [0.29, 0.717) is 25.3 Å². The SMILES string of the molecule is CC.[B]C([B])(c1cccc(C(=O)N(C)C2CC2)[n+]1O)N1CC(n2ncc3c2CN(C)c2c(NC(/C=C(\N)NC(=O)C4CC4)=C(/N)C(=O)NC4CC4)cccc2-3)C1. The van der Waals surface area contributed by atoms with Crippen LogP contribution in [-0.4, -0.2) is 97.5 Å². The van der Waals surface area contributed by atoms with Crippen LogP contribution in [0.5, 0.6) is 0 Å². The fourth-order valence-corrected chi connectivity index (χ4v) is 7.23. The largest absolute Gasteiger partial charge is 0.393 e. The summed E-state index contributed by atoms with van der Waals surface area (Å²) < 4.78 is 2.81. The standard InChI is InChI=1S/C37H43B2N11O4.C2H6/c1-46-19-29-25(16-42-49(29)23-17-48(18-23)37(38,39)30-8-4-7-28(50(30)54)36(53)47(2)22-13-14-22)24-5-3-6-26(33(24)46)44-27(32(41)35(52)43-21-11-12-21)15-31(40)45-34(51)20-9-10-20;1-2/h3-8,15-16,20-23,41,54H,9-14,17-19H2,1-2H3,(H5,40,43,44,45,51,52,53);1-2H3/p+1. The molecule has 5 aliphatic rings. The number of nitrogens with one attached hydrogen (secondary N) is 3. The van der Waals surface area contributed by atoms with Crippen molar-refractivity contribution >= 4 is 44.8 Å². The predicted octanol–water partition coefficient (Wildman–Crippen LogP) is 1.48. The molecule has 15 nitrogen and oxygen atoms in total. The number of pyridine rings is 1. The Morgan fingerprint density at radius 2 is 1.71 bits per heavy atom. The summed E-state index contributed by atoms with van der Waals surface area (Å²) >= 11 is 0. The molecule has 0 bridgehead atoms. The molecule has 3 aliphatic carbocycles. The van der Waals surface area contributed by atoms with Crippen LogP contribution in [0, 0.1) is 5.92 Å². The minimum atomic E-state index is -1.56. The molecule has 3 amide bonds. The molecule has 3 aromatic rings. The molecule has 4 heterocycles. The summed E-state index contributed by atoms with van der Waals surface area (Å²) in [4.78, 5) is 44.2. The van der Waals surface area contributed by atoms with Crippen LogP contribution >= 0.6 is 0 Å². The third-order valence-electron chi connectivity index (χ3n) is 11.0. The molecule has 2 aliphatic heterocycles. The van der Waals surface area contributed by atoms with E-state index in [2.05, 4.69) is 20.9 Å². The molecule has 0 atom stereocenters. The van der Waals surface area contributed by atoms with Gasteiger partial charge in [-0.25, -0.2) is 0 Å². The number of hydrogen-bond donors (Lipinski definition) is 6. The molecular weight excluding hydrogens is 708 g/mol. The van der Waals surface area contributed by atoms with Crippen LogP contribution in [-0.2, 0) is 21.5 Å². The van der Waals surface area contributed by atoms with Crippen LogP contribution in [0.15, 0.2) is 65.9 Å². The predicted molar refractivity (Wildman–Crippen MR) is 213 cm³/mol. The number of para-hydroxylation sites is 1. The molecule has 3 saturated carbocycles. The molecular formula is C39H50B2N11O4+. The summed E-state index contributed by atoms with van der Waals surface area (Å²) in [6.45, 7) is 5.44. The van der Waals surface area contributed by atoms with E-state index in [1.54, 1.807) is 30.1 Å². The molecule has 290 valence electrons. The van der Waals surface area contributed by atoms with Gasteiger partial charge in [0.05, 0.1) is 57.2 Å². The highest BCUT2D eigenvalue weighted by molar-refractivity contribution is 6.39. The molecule has 17 heteroatoms. The van der Waals surface area contributed by atoms with E-state index < -0.39 is 11.2 Å². The van der Waals surface area contributed by atoms with Gasteiger partial charge < -0.3 is 42.1 Å². The van der Waals surface area contributed by atoms with E-state index in [9.17, 15) is 19.6 Å². The number of rotatable bonds is 12. The zero-order chi connectivity index (χ0) is 40.1. The Hall–Kier alpha value is -5.44. The molecule has 1 aromatic carbocycles. The first-order chi connectivity index (χ1) is 26.8. The summed E-state index contributed by atoms with van der Waals surface area (Å²) in [5.41, 5.74) is 17.6. The van der Waals surface area contributed by atoms with Gasteiger partial charge in [0, 0.05) is 84.6 Å². The Kier molecular flexibility index (Phi) is 10.6. The maximum absolute atomic E-state index is 13.1. The first-order valence-electron chi connectivity index (χ1n) is 19.4. The van der Waals surface area contributed by atoms with Crippen LogP contribution in [0.1, 0.15) is 80.3 Å². The minimum Gasteiger partial charge on any atom is -0.393 e. The minimum absolute atomic E-state index is 0.0452. The zero-order valence-electron chi connectivity index (χ0n) is 32.5. The molecule has 4 radical (unpaired) electrons. The van der Waals surface area contributed by atoms with E-state index in [0.717, 1.165) is 65.8 Å². The average Bonchev–Trinajstić information content (AvgIpc) is 4.02.